The lowest BCUT2D eigenvalue weighted by atomic mass is 10.1. The highest BCUT2D eigenvalue weighted by atomic mass is 16.2. The zero-order valence-electron chi connectivity index (χ0n) is 11.4. The molecule has 3 aromatic rings. The molecule has 5 N–H and O–H groups in total. The van der Waals surface area contributed by atoms with E-state index in [1.165, 1.54) is 0 Å². The highest BCUT2D eigenvalue weighted by Crippen LogP contribution is 2.25. The second-order valence-electron chi connectivity index (χ2n) is 4.72. The fourth-order valence-electron chi connectivity index (χ4n) is 2.26. The number of nitrogens with zero attached hydrogens (tertiary/aromatic N) is 3. The number of aryl methyl sites for hydroxylation is 1. The first-order valence-electron chi connectivity index (χ1n) is 6.68. The van der Waals surface area contributed by atoms with Crippen molar-refractivity contribution in [3.8, 4) is 0 Å². The molecule has 3 rings (SSSR count). The Hall–Kier alpha value is -2.67. The topological polar surface area (TPSA) is 113 Å². The van der Waals surface area contributed by atoms with Crippen molar-refractivity contribution in [1.82, 2.24) is 20.2 Å². The molecule has 2 aromatic heterocycles. The Labute approximate surface area is 121 Å². The largest absolute Gasteiger partial charge is 0.396 e. The van der Waals surface area contributed by atoms with Gasteiger partial charge in [-0.15, -0.1) is 0 Å². The number of rotatable bonds is 5. The molecular formula is C14H16N6O. The third-order valence-corrected chi connectivity index (χ3v) is 3.18. The van der Waals surface area contributed by atoms with Gasteiger partial charge in [-0.1, -0.05) is 0 Å². The zero-order valence-corrected chi connectivity index (χ0v) is 11.4. The minimum absolute atomic E-state index is 0.162. The first-order valence-corrected chi connectivity index (χ1v) is 6.68. The molecule has 0 spiro atoms. The first-order chi connectivity index (χ1) is 10.3. The molecule has 0 aliphatic carbocycles. The number of hydrogen-bond donors (Lipinski definition) is 4. The van der Waals surface area contributed by atoms with Gasteiger partial charge in [0.25, 0.3) is 0 Å². The van der Waals surface area contributed by atoms with E-state index in [1.807, 2.05) is 12.1 Å². The number of nitrogens with one attached hydrogen (secondary N) is 2. The van der Waals surface area contributed by atoms with Crippen LogP contribution in [0.25, 0.3) is 10.9 Å². The molecule has 0 bridgehead atoms. The molecule has 0 fully saturated rings. The third kappa shape index (κ3) is 2.92. The average Bonchev–Trinajstić information content (AvgIpc) is 2.93. The summed E-state index contributed by atoms with van der Waals surface area (Å²) in [5.41, 5.74) is 8.57. The van der Waals surface area contributed by atoms with E-state index in [1.54, 1.807) is 18.5 Å². The number of aromatic amines is 1. The quantitative estimate of drug-likeness (QED) is 0.566. The van der Waals surface area contributed by atoms with Gasteiger partial charge in [0.15, 0.2) is 0 Å². The monoisotopic (exact) mass is 284 g/mol. The van der Waals surface area contributed by atoms with Gasteiger partial charge in [0.2, 0.25) is 5.95 Å². The van der Waals surface area contributed by atoms with Crippen LogP contribution in [0.5, 0.6) is 0 Å². The summed E-state index contributed by atoms with van der Waals surface area (Å²) < 4.78 is 0. The maximum absolute atomic E-state index is 9.01. The van der Waals surface area contributed by atoms with E-state index in [4.69, 9.17) is 10.8 Å². The van der Waals surface area contributed by atoms with Crippen LogP contribution >= 0.6 is 0 Å². The zero-order chi connectivity index (χ0) is 14.7. The summed E-state index contributed by atoms with van der Waals surface area (Å²) in [6.07, 6.45) is 4.86. The SMILES string of the molecule is Nc1nccc(Nc2cc(CCCO)c3[nH]ncc3c2)n1. The Kier molecular flexibility index (Phi) is 3.65. The summed E-state index contributed by atoms with van der Waals surface area (Å²) in [7, 11) is 0. The number of H-pyrrole nitrogens is 1. The van der Waals surface area contributed by atoms with E-state index in [-0.39, 0.29) is 12.6 Å². The number of hydrogen-bond acceptors (Lipinski definition) is 6. The number of nitrogen functional groups attached to an aromatic ring is 1. The summed E-state index contributed by atoms with van der Waals surface area (Å²) >= 11 is 0. The van der Waals surface area contributed by atoms with Crippen molar-refractivity contribution in [2.75, 3.05) is 17.7 Å². The molecule has 2 heterocycles. The molecule has 0 unspecified atom stereocenters. The van der Waals surface area contributed by atoms with E-state index in [9.17, 15) is 0 Å². The molecule has 0 atom stereocenters. The maximum atomic E-state index is 9.01. The van der Waals surface area contributed by atoms with Gasteiger partial charge in [-0.05, 0) is 36.6 Å². The third-order valence-electron chi connectivity index (χ3n) is 3.18. The molecule has 0 saturated carbocycles. The van der Waals surface area contributed by atoms with E-state index in [2.05, 4.69) is 25.5 Å². The van der Waals surface area contributed by atoms with Crippen molar-refractivity contribution in [3.05, 3.63) is 36.2 Å². The molecule has 7 heteroatoms. The van der Waals surface area contributed by atoms with Crippen molar-refractivity contribution in [3.63, 3.8) is 0 Å². The van der Waals surface area contributed by atoms with Crippen LogP contribution in [0.1, 0.15) is 12.0 Å². The van der Waals surface area contributed by atoms with Crippen LogP contribution in [-0.4, -0.2) is 31.9 Å². The van der Waals surface area contributed by atoms with Crippen molar-refractivity contribution in [1.29, 1.82) is 0 Å². The summed E-state index contributed by atoms with van der Waals surface area (Å²) in [5.74, 6) is 0.864. The fourth-order valence-corrected chi connectivity index (χ4v) is 2.26. The molecular weight excluding hydrogens is 268 g/mol. The lowest BCUT2D eigenvalue weighted by molar-refractivity contribution is 0.289. The molecule has 21 heavy (non-hydrogen) atoms. The predicted octanol–water partition coefficient (Wildman–Crippen LogP) is 1.60. The Bertz CT molecular complexity index is 754. The number of fused-ring (bicyclic) bond motifs is 1. The normalized spacial score (nSPS) is 10.9. The molecule has 0 saturated heterocycles. The smallest absolute Gasteiger partial charge is 0.221 e. The van der Waals surface area contributed by atoms with Crippen LogP contribution in [0.2, 0.25) is 0 Å². The number of aliphatic hydroxyl groups excluding tert-OH is 1. The highest BCUT2D eigenvalue weighted by Gasteiger charge is 2.07. The average molecular weight is 284 g/mol. The minimum atomic E-state index is 0.162. The van der Waals surface area contributed by atoms with Crippen LogP contribution < -0.4 is 11.1 Å². The van der Waals surface area contributed by atoms with Crippen molar-refractivity contribution < 1.29 is 5.11 Å². The molecule has 0 radical (unpaired) electrons. The Morgan fingerprint density at radius 2 is 2.24 bits per heavy atom. The van der Waals surface area contributed by atoms with Crippen LogP contribution in [0.4, 0.5) is 17.5 Å². The molecule has 0 aliphatic heterocycles. The van der Waals surface area contributed by atoms with Gasteiger partial charge in [0, 0.05) is 23.9 Å². The van der Waals surface area contributed by atoms with Crippen molar-refractivity contribution >= 4 is 28.4 Å². The summed E-state index contributed by atoms with van der Waals surface area (Å²) in [4.78, 5) is 7.99. The van der Waals surface area contributed by atoms with Crippen LogP contribution in [0, 0.1) is 0 Å². The summed E-state index contributed by atoms with van der Waals surface area (Å²) in [5, 5.41) is 20.3. The van der Waals surface area contributed by atoms with Crippen molar-refractivity contribution in [2.45, 2.75) is 12.8 Å². The fraction of sp³-hybridized carbons (Fsp3) is 0.214. The Morgan fingerprint density at radius 1 is 1.33 bits per heavy atom. The van der Waals surface area contributed by atoms with E-state index >= 15 is 0 Å². The molecule has 108 valence electrons. The minimum Gasteiger partial charge on any atom is -0.396 e. The van der Waals surface area contributed by atoms with Gasteiger partial charge in [0.1, 0.15) is 5.82 Å². The van der Waals surface area contributed by atoms with Crippen LogP contribution in [0.3, 0.4) is 0 Å². The summed E-state index contributed by atoms with van der Waals surface area (Å²) in [6.45, 7) is 0.162. The highest BCUT2D eigenvalue weighted by molar-refractivity contribution is 5.86. The number of aliphatic hydroxyl groups is 1. The second kappa shape index (κ2) is 5.76. The Balaban J connectivity index is 1.94. The van der Waals surface area contributed by atoms with E-state index in [0.717, 1.165) is 28.6 Å². The van der Waals surface area contributed by atoms with E-state index in [0.29, 0.717) is 12.2 Å². The number of anilines is 3. The molecule has 0 amide bonds. The lowest BCUT2D eigenvalue weighted by Crippen LogP contribution is -2.00. The van der Waals surface area contributed by atoms with Gasteiger partial charge in [-0.2, -0.15) is 10.1 Å². The molecule has 1 aromatic carbocycles. The number of aromatic nitrogens is 4. The van der Waals surface area contributed by atoms with Crippen LogP contribution in [-0.2, 0) is 6.42 Å². The Morgan fingerprint density at radius 3 is 3.05 bits per heavy atom. The number of nitrogens with two attached hydrogens (primary N) is 1. The maximum Gasteiger partial charge on any atom is 0.221 e. The van der Waals surface area contributed by atoms with Crippen molar-refractivity contribution in [2.24, 2.45) is 0 Å². The number of benzene rings is 1. The van der Waals surface area contributed by atoms with Gasteiger partial charge >= 0.3 is 0 Å². The van der Waals surface area contributed by atoms with Gasteiger partial charge in [-0.3, -0.25) is 5.10 Å². The van der Waals surface area contributed by atoms with E-state index < -0.39 is 0 Å². The standard InChI is InChI=1S/C14H16N6O/c15-14-16-4-3-12(19-14)18-11-6-9(2-1-5-21)13-10(7-11)8-17-20-13/h3-4,6-8,21H,1-2,5H2,(H,17,20)(H3,15,16,18,19). The second-order valence-corrected chi connectivity index (χ2v) is 4.72. The predicted molar refractivity (Wildman–Crippen MR) is 81.2 cm³/mol. The lowest BCUT2D eigenvalue weighted by Gasteiger charge is -2.09. The molecule has 7 nitrogen and oxygen atoms in total. The molecule has 0 aliphatic rings. The first kappa shape index (κ1) is 13.3. The van der Waals surface area contributed by atoms with Crippen LogP contribution in [0.15, 0.2) is 30.6 Å². The summed E-state index contributed by atoms with van der Waals surface area (Å²) in [6, 6.07) is 5.76. The van der Waals surface area contributed by atoms with Gasteiger partial charge in [-0.25, -0.2) is 4.98 Å². The van der Waals surface area contributed by atoms with Gasteiger partial charge in [0.05, 0.1) is 11.7 Å². The van der Waals surface area contributed by atoms with Gasteiger partial charge < -0.3 is 16.2 Å².